The molecule has 0 bridgehead atoms. The standard InChI is InChI=1S/C28H24ClN3O4S/c1-19-11-14-22(15-12-19)32-37(35,36)26-17-21(13-16-24(26)29)27(33)31-25-10-6-5-9-23(25)28(34)30-18-20-7-3-2-4-8-20/h2-17,32H,18H2,1H3,(H,30,34)(H,31,33). The second-order valence-corrected chi connectivity index (χ2v) is 10.3. The summed E-state index contributed by atoms with van der Waals surface area (Å²) in [6.45, 7) is 2.22. The van der Waals surface area contributed by atoms with Gasteiger partial charge in [-0.3, -0.25) is 14.3 Å². The number of carbonyl (C=O) groups excluding carboxylic acids is 2. The number of para-hydroxylation sites is 1. The van der Waals surface area contributed by atoms with E-state index in [1.165, 1.54) is 18.2 Å². The van der Waals surface area contributed by atoms with Crippen molar-refractivity contribution >= 4 is 44.8 Å². The molecule has 0 aliphatic rings. The van der Waals surface area contributed by atoms with Gasteiger partial charge < -0.3 is 10.6 Å². The van der Waals surface area contributed by atoms with Crippen LogP contribution in [0.25, 0.3) is 0 Å². The number of amides is 2. The smallest absolute Gasteiger partial charge is 0.263 e. The molecule has 188 valence electrons. The van der Waals surface area contributed by atoms with Crippen LogP contribution in [-0.4, -0.2) is 20.2 Å². The van der Waals surface area contributed by atoms with Crippen LogP contribution in [-0.2, 0) is 16.6 Å². The number of nitrogens with one attached hydrogen (secondary N) is 3. The Morgan fingerprint density at radius 1 is 0.811 bits per heavy atom. The third kappa shape index (κ3) is 6.55. The summed E-state index contributed by atoms with van der Waals surface area (Å²) in [5, 5.41) is 5.51. The van der Waals surface area contributed by atoms with Gasteiger partial charge in [0.05, 0.1) is 16.3 Å². The summed E-state index contributed by atoms with van der Waals surface area (Å²) in [4.78, 5) is 25.6. The largest absolute Gasteiger partial charge is 0.348 e. The molecular formula is C28H24ClN3O4S. The maximum Gasteiger partial charge on any atom is 0.263 e. The highest BCUT2D eigenvalue weighted by Crippen LogP contribution is 2.26. The van der Waals surface area contributed by atoms with Crippen LogP contribution in [0.3, 0.4) is 0 Å². The molecule has 7 nitrogen and oxygen atoms in total. The first kappa shape index (κ1) is 25.9. The summed E-state index contributed by atoms with van der Waals surface area (Å²) < 4.78 is 28.5. The molecule has 0 unspecified atom stereocenters. The number of hydrogen-bond acceptors (Lipinski definition) is 4. The van der Waals surface area contributed by atoms with Crippen molar-refractivity contribution in [1.82, 2.24) is 5.32 Å². The first-order valence-corrected chi connectivity index (χ1v) is 13.2. The predicted molar refractivity (Wildman–Crippen MR) is 145 cm³/mol. The second kappa shape index (κ2) is 11.3. The van der Waals surface area contributed by atoms with Crippen LogP contribution in [0, 0.1) is 6.92 Å². The fourth-order valence-corrected chi connectivity index (χ4v) is 5.13. The molecule has 0 atom stereocenters. The first-order valence-electron chi connectivity index (χ1n) is 11.3. The van der Waals surface area contributed by atoms with Crippen molar-refractivity contribution in [3.8, 4) is 0 Å². The van der Waals surface area contributed by atoms with Crippen molar-refractivity contribution in [1.29, 1.82) is 0 Å². The molecule has 0 aromatic heterocycles. The average Bonchev–Trinajstić information content (AvgIpc) is 2.89. The molecule has 0 spiro atoms. The third-order valence-corrected chi connectivity index (χ3v) is 7.37. The molecule has 0 aliphatic heterocycles. The number of aryl methyl sites for hydroxylation is 1. The molecule has 0 saturated carbocycles. The number of hydrogen-bond donors (Lipinski definition) is 3. The van der Waals surface area contributed by atoms with Crippen LogP contribution >= 0.6 is 11.6 Å². The lowest BCUT2D eigenvalue weighted by atomic mass is 10.1. The molecule has 9 heteroatoms. The Hall–Kier alpha value is -4.14. The fraction of sp³-hybridized carbons (Fsp3) is 0.0714. The Morgan fingerprint density at radius 3 is 2.22 bits per heavy atom. The van der Waals surface area contributed by atoms with E-state index in [1.54, 1.807) is 48.5 Å². The van der Waals surface area contributed by atoms with E-state index >= 15 is 0 Å². The Labute approximate surface area is 220 Å². The van der Waals surface area contributed by atoms with Gasteiger partial charge in [0.25, 0.3) is 21.8 Å². The molecular weight excluding hydrogens is 510 g/mol. The van der Waals surface area contributed by atoms with Crippen LogP contribution in [0.4, 0.5) is 11.4 Å². The average molecular weight is 534 g/mol. The maximum absolute atomic E-state index is 13.1. The number of halogens is 1. The minimum absolute atomic E-state index is 0.0307. The van der Waals surface area contributed by atoms with E-state index in [2.05, 4.69) is 15.4 Å². The number of benzene rings is 4. The minimum atomic E-state index is -4.07. The predicted octanol–water partition coefficient (Wildman–Crippen LogP) is 5.63. The normalized spacial score (nSPS) is 11.0. The van der Waals surface area contributed by atoms with E-state index in [0.717, 1.165) is 11.1 Å². The van der Waals surface area contributed by atoms with Gasteiger partial charge in [-0.1, -0.05) is 71.8 Å². The van der Waals surface area contributed by atoms with E-state index in [-0.39, 0.29) is 32.6 Å². The molecule has 0 radical (unpaired) electrons. The molecule has 2 amide bonds. The molecule has 0 aliphatic carbocycles. The highest BCUT2D eigenvalue weighted by molar-refractivity contribution is 7.92. The van der Waals surface area contributed by atoms with Gasteiger partial charge in [-0.2, -0.15) is 0 Å². The zero-order valence-corrected chi connectivity index (χ0v) is 21.4. The first-order chi connectivity index (χ1) is 17.7. The van der Waals surface area contributed by atoms with E-state index in [9.17, 15) is 18.0 Å². The maximum atomic E-state index is 13.1. The lowest BCUT2D eigenvalue weighted by molar-refractivity contribution is 0.0951. The molecule has 4 rings (SSSR count). The molecule has 4 aromatic rings. The van der Waals surface area contributed by atoms with Gasteiger partial charge in [0, 0.05) is 17.8 Å². The van der Waals surface area contributed by atoms with Gasteiger partial charge in [-0.05, 0) is 55.0 Å². The lowest BCUT2D eigenvalue weighted by Gasteiger charge is -2.13. The fourth-order valence-electron chi connectivity index (χ4n) is 3.54. The van der Waals surface area contributed by atoms with Gasteiger partial charge in [0.15, 0.2) is 0 Å². The van der Waals surface area contributed by atoms with Crippen LogP contribution in [0.2, 0.25) is 5.02 Å². The lowest BCUT2D eigenvalue weighted by Crippen LogP contribution is -2.25. The summed E-state index contributed by atoms with van der Waals surface area (Å²) in [6, 6.07) is 26.8. The number of carbonyl (C=O) groups is 2. The highest BCUT2D eigenvalue weighted by atomic mass is 35.5. The zero-order chi connectivity index (χ0) is 26.4. The van der Waals surface area contributed by atoms with E-state index in [4.69, 9.17) is 11.6 Å². The molecule has 0 fully saturated rings. The van der Waals surface area contributed by atoms with Crippen LogP contribution in [0.15, 0.2) is 102 Å². The monoisotopic (exact) mass is 533 g/mol. The Balaban J connectivity index is 1.52. The summed E-state index contributed by atoms with van der Waals surface area (Å²) >= 11 is 6.19. The van der Waals surface area contributed by atoms with Gasteiger partial charge in [-0.25, -0.2) is 8.42 Å². The highest BCUT2D eigenvalue weighted by Gasteiger charge is 2.21. The van der Waals surface area contributed by atoms with Crippen LogP contribution in [0.5, 0.6) is 0 Å². The second-order valence-electron chi connectivity index (χ2n) is 8.28. The van der Waals surface area contributed by atoms with E-state index in [1.807, 2.05) is 37.3 Å². The van der Waals surface area contributed by atoms with Crippen molar-refractivity contribution in [2.24, 2.45) is 0 Å². The number of rotatable bonds is 8. The Kier molecular flexibility index (Phi) is 7.91. The van der Waals surface area contributed by atoms with Crippen molar-refractivity contribution in [3.05, 3.63) is 124 Å². The summed E-state index contributed by atoms with van der Waals surface area (Å²) in [7, 11) is -4.07. The molecule has 0 heterocycles. The molecule has 37 heavy (non-hydrogen) atoms. The summed E-state index contributed by atoms with van der Waals surface area (Å²) in [6.07, 6.45) is 0. The van der Waals surface area contributed by atoms with Crippen LogP contribution < -0.4 is 15.4 Å². The summed E-state index contributed by atoms with van der Waals surface area (Å²) in [5.41, 5.74) is 2.91. The quantitative estimate of drug-likeness (QED) is 0.273. The molecule has 4 aromatic carbocycles. The van der Waals surface area contributed by atoms with Gasteiger partial charge in [0.1, 0.15) is 4.90 Å². The van der Waals surface area contributed by atoms with Crippen molar-refractivity contribution in [2.75, 3.05) is 10.0 Å². The molecule has 0 saturated heterocycles. The van der Waals surface area contributed by atoms with Gasteiger partial charge in [-0.15, -0.1) is 0 Å². The Morgan fingerprint density at radius 2 is 1.49 bits per heavy atom. The number of sulfonamides is 1. The van der Waals surface area contributed by atoms with Crippen molar-refractivity contribution < 1.29 is 18.0 Å². The van der Waals surface area contributed by atoms with Crippen molar-refractivity contribution in [3.63, 3.8) is 0 Å². The molecule has 3 N–H and O–H groups in total. The summed E-state index contributed by atoms with van der Waals surface area (Å²) in [5.74, 6) is -0.951. The SMILES string of the molecule is Cc1ccc(NS(=O)(=O)c2cc(C(=O)Nc3ccccc3C(=O)NCc3ccccc3)ccc2Cl)cc1. The van der Waals surface area contributed by atoms with Crippen LogP contribution in [0.1, 0.15) is 31.8 Å². The number of anilines is 2. The van der Waals surface area contributed by atoms with E-state index < -0.39 is 15.9 Å². The topological polar surface area (TPSA) is 104 Å². The minimum Gasteiger partial charge on any atom is -0.348 e. The zero-order valence-electron chi connectivity index (χ0n) is 19.9. The third-order valence-electron chi connectivity index (χ3n) is 5.50. The van der Waals surface area contributed by atoms with E-state index in [0.29, 0.717) is 12.2 Å². The van der Waals surface area contributed by atoms with Gasteiger partial charge in [0.2, 0.25) is 0 Å². The van der Waals surface area contributed by atoms with Gasteiger partial charge >= 0.3 is 0 Å². The van der Waals surface area contributed by atoms with Crippen molar-refractivity contribution in [2.45, 2.75) is 18.4 Å². The Bertz CT molecular complexity index is 1540.